The number of rotatable bonds is 7. The van der Waals surface area contributed by atoms with Crippen molar-refractivity contribution in [3.8, 4) is 11.5 Å². The highest BCUT2D eigenvalue weighted by Gasteiger charge is 2.16. The summed E-state index contributed by atoms with van der Waals surface area (Å²) in [6, 6.07) is 12.9. The highest BCUT2D eigenvalue weighted by Crippen LogP contribution is 2.27. The van der Waals surface area contributed by atoms with Crippen LogP contribution in [0.2, 0.25) is 0 Å². The third-order valence-corrected chi connectivity index (χ3v) is 4.37. The molecule has 26 heavy (non-hydrogen) atoms. The number of benzene rings is 2. The number of para-hydroxylation sites is 1. The first kappa shape index (κ1) is 17.8. The SMILES string of the molecule is COc1ccc(CNC(=O)C(N)Cc2c[nH]c3ccccc23)cc1OC. The number of methoxy groups -OCH3 is 2. The number of nitrogens with two attached hydrogens (primary N) is 1. The maximum atomic E-state index is 12.4. The summed E-state index contributed by atoms with van der Waals surface area (Å²) < 4.78 is 10.5. The van der Waals surface area contributed by atoms with Crippen LogP contribution in [0.5, 0.6) is 11.5 Å². The van der Waals surface area contributed by atoms with Gasteiger partial charge in [-0.25, -0.2) is 0 Å². The molecule has 4 N–H and O–H groups in total. The minimum Gasteiger partial charge on any atom is -0.493 e. The fourth-order valence-corrected chi connectivity index (χ4v) is 2.94. The van der Waals surface area contributed by atoms with Crippen molar-refractivity contribution in [1.82, 2.24) is 10.3 Å². The Morgan fingerprint density at radius 2 is 1.92 bits per heavy atom. The Bertz CT molecular complexity index is 904. The van der Waals surface area contributed by atoms with Crippen molar-refractivity contribution in [1.29, 1.82) is 0 Å². The van der Waals surface area contributed by atoms with E-state index in [0.717, 1.165) is 22.0 Å². The molecule has 0 spiro atoms. The Morgan fingerprint density at radius 3 is 2.69 bits per heavy atom. The molecule has 136 valence electrons. The van der Waals surface area contributed by atoms with Crippen molar-refractivity contribution in [2.45, 2.75) is 19.0 Å². The predicted octanol–water partition coefficient (Wildman–Crippen LogP) is 2.37. The molecule has 0 aliphatic heterocycles. The summed E-state index contributed by atoms with van der Waals surface area (Å²) in [5, 5.41) is 3.97. The Labute approximate surface area is 152 Å². The molecule has 1 unspecified atom stereocenters. The average Bonchev–Trinajstić information content (AvgIpc) is 3.08. The number of aromatic nitrogens is 1. The predicted molar refractivity (Wildman–Crippen MR) is 101 cm³/mol. The number of fused-ring (bicyclic) bond motifs is 1. The van der Waals surface area contributed by atoms with Crippen molar-refractivity contribution in [3.05, 3.63) is 59.8 Å². The Hall–Kier alpha value is -2.99. The lowest BCUT2D eigenvalue weighted by Crippen LogP contribution is -2.41. The molecule has 6 heteroatoms. The van der Waals surface area contributed by atoms with Gasteiger partial charge in [-0.05, 0) is 35.7 Å². The van der Waals surface area contributed by atoms with Gasteiger partial charge in [-0.15, -0.1) is 0 Å². The fourth-order valence-electron chi connectivity index (χ4n) is 2.94. The van der Waals surface area contributed by atoms with Crippen LogP contribution in [-0.2, 0) is 17.8 Å². The van der Waals surface area contributed by atoms with E-state index in [1.165, 1.54) is 0 Å². The lowest BCUT2D eigenvalue weighted by atomic mass is 10.0. The number of ether oxygens (including phenoxy) is 2. The van der Waals surface area contributed by atoms with Crippen LogP contribution in [0.25, 0.3) is 10.9 Å². The number of hydrogen-bond donors (Lipinski definition) is 3. The molecular weight excluding hydrogens is 330 g/mol. The van der Waals surface area contributed by atoms with Gasteiger partial charge in [0.15, 0.2) is 11.5 Å². The largest absolute Gasteiger partial charge is 0.493 e. The fraction of sp³-hybridized carbons (Fsp3) is 0.250. The molecule has 1 amide bonds. The van der Waals surface area contributed by atoms with Crippen molar-refractivity contribution in [2.24, 2.45) is 5.73 Å². The van der Waals surface area contributed by atoms with Crippen molar-refractivity contribution < 1.29 is 14.3 Å². The van der Waals surface area contributed by atoms with E-state index in [0.29, 0.717) is 24.5 Å². The number of H-pyrrole nitrogens is 1. The van der Waals surface area contributed by atoms with Crippen molar-refractivity contribution in [2.75, 3.05) is 14.2 Å². The van der Waals surface area contributed by atoms with Gasteiger partial charge >= 0.3 is 0 Å². The van der Waals surface area contributed by atoms with Gasteiger partial charge in [0.25, 0.3) is 0 Å². The zero-order valence-corrected chi connectivity index (χ0v) is 14.9. The van der Waals surface area contributed by atoms with Gasteiger partial charge in [0.2, 0.25) is 5.91 Å². The van der Waals surface area contributed by atoms with E-state index in [4.69, 9.17) is 15.2 Å². The van der Waals surface area contributed by atoms with Crippen LogP contribution in [0.3, 0.4) is 0 Å². The summed E-state index contributed by atoms with van der Waals surface area (Å²) >= 11 is 0. The molecule has 3 rings (SSSR count). The van der Waals surface area contributed by atoms with E-state index in [2.05, 4.69) is 10.3 Å². The van der Waals surface area contributed by atoms with Crippen LogP contribution in [0, 0.1) is 0 Å². The smallest absolute Gasteiger partial charge is 0.237 e. The van der Waals surface area contributed by atoms with Crippen LogP contribution in [0.15, 0.2) is 48.7 Å². The summed E-state index contributed by atoms with van der Waals surface area (Å²) in [6.07, 6.45) is 2.38. The van der Waals surface area contributed by atoms with E-state index in [1.54, 1.807) is 14.2 Å². The molecule has 0 saturated heterocycles. The van der Waals surface area contributed by atoms with Gasteiger partial charge < -0.3 is 25.5 Å². The summed E-state index contributed by atoms with van der Waals surface area (Å²) in [6.45, 7) is 0.376. The molecule has 0 aliphatic carbocycles. The van der Waals surface area contributed by atoms with E-state index in [1.807, 2.05) is 48.7 Å². The molecule has 1 aromatic heterocycles. The van der Waals surface area contributed by atoms with Crippen LogP contribution in [-0.4, -0.2) is 31.2 Å². The lowest BCUT2D eigenvalue weighted by Gasteiger charge is -2.13. The Kier molecular flexibility index (Phi) is 5.43. The summed E-state index contributed by atoms with van der Waals surface area (Å²) in [5.74, 6) is 1.09. The van der Waals surface area contributed by atoms with Crippen LogP contribution in [0.4, 0.5) is 0 Å². The molecule has 3 aromatic rings. The maximum absolute atomic E-state index is 12.4. The van der Waals surface area contributed by atoms with E-state index in [-0.39, 0.29) is 5.91 Å². The van der Waals surface area contributed by atoms with Gasteiger partial charge in [-0.2, -0.15) is 0 Å². The topological polar surface area (TPSA) is 89.4 Å². The second kappa shape index (κ2) is 7.93. The number of aromatic amines is 1. The number of carbonyl (C=O) groups excluding carboxylic acids is 1. The van der Waals surface area contributed by atoms with Crippen molar-refractivity contribution >= 4 is 16.8 Å². The van der Waals surface area contributed by atoms with Gasteiger partial charge in [-0.1, -0.05) is 24.3 Å². The first-order chi connectivity index (χ1) is 12.6. The second-order valence-corrected chi connectivity index (χ2v) is 6.08. The monoisotopic (exact) mass is 353 g/mol. The molecule has 0 radical (unpaired) electrons. The molecule has 0 bridgehead atoms. The Morgan fingerprint density at radius 1 is 1.15 bits per heavy atom. The quantitative estimate of drug-likeness (QED) is 0.608. The first-order valence-corrected chi connectivity index (χ1v) is 8.41. The summed E-state index contributed by atoms with van der Waals surface area (Å²) in [4.78, 5) is 15.6. The van der Waals surface area contributed by atoms with Gasteiger partial charge in [-0.3, -0.25) is 4.79 Å². The summed E-state index contributed by atoms with van der Waals surface area (Å²) in [7, 11) is 3.17. The normalized spacial score (nSPS) is 12.0. The van der Waals surface area contributed by atoms with Gasteiger partial charge in [0.05, 0.1) is 20.3 Å². The number of amides is 1. The molecule has 0 fully saturated rings. The minimum absolute atomic E-state index is 0.190. The van der Waals surface area contributed by atoms with Gasteiger partial charge in [0, 0.05) is 23.6 Å². The highest BCUT2D eigenvalue weighted by atomic mass is 16.5. The van der Waals surface area contributed by atoms with Crippen molar-refractivity contribution in [3.63, 3.8) is 0 Å². The van der Waals surface area contributed by atoms with Crippen LogP contribution in [0.1, 0.15) is 11.1 Å². The minimum atomic E-state index is -0.616. The van der Waals surface area contributed by atoms with E-state index >= 15 is 0 Å². The maximum Gasteiger partial charge on any atom is 0.237 e. The zero-order valence-electron chi connectivity index (χ0n) is 14.9. The molecule has 2 aromatic carbocycles. The van der Waals surface area contributed by atoms with E-state index < -0.39 is 6.04 Å². The summed E-state index contributed by atoms with van der Waals surface area (Å²) in [5.41, 5.74) is 9.09. The zero-order chi connectivity index (χ0) is 18.5. The number of nitrogens with one attached hydrogen (secondary N) is 2. The molecule has 1 heterocycles. The molecule has 0 aliphatic rings. The highest BCUT2D eigenvalue weighted by molar-refractivity contribution is 5.86. The Balaban J connectivity index is 1.61. The molecule has 6 nitrogen and oxygen atoms in total. The van der Waals surface area contributed by atoms with Gasteiger partial charge in [0.1, 0.15) is 0 Å². The third kappa shape index (κ3) is 3.81. The number of carbonyl (C=O) groups is 1. The van der Waals surface area contributed by atoms with Crippen LogP contribution < -0.4 is 20.5 Å². The van der Waals surface area contributed by atoms with Crippen LogP contribution >= 0.6 is 0 Å². The first-order valence-electron chi connectivity index (χ1n) is 8.41. The number of hydrogen-bond acceptors (Lipinski definition) is 4. The third-order valence-electron chi connectivity index (χ3n) is 4.37. The lowest BCUT2D eigenvalue weighted by molar-refractivity contribution is -0.122. The molecule has 0 saturated carbocycles. The average molecular weight is 353 g/mol. The molecule has 1 atom stereocenters. The molecular formula is C20H23N3O3. The van der Waals surface area contributed by atoms with E-state index in [9.17, 15) is 4.79 Å². The second-order valence-electron chi connectivity index (χ2n) is 6.08. The standard InChI is InChI=1S/C20H23N3O3/c1-25-18-8-7-13(9-19(18)26-2)11-23-20(24)16(21)10-14-12-22-17-6-4-3-5-15(14)17/h3-9,12,16,22H,10-11,21H2,1-2H3,(H,23,24).